The van der Waals surface area contributed by atoms with E-state index in [4.69, 9.17) is 0 Å². The van der Waals surface area contributed by atoms with Gasteiger partial charge >= 0.3 is 0 Å². The highest BCUT2D eigenvalue weighted by atomic mass is 32.1. The molecule has 23 heavy (non-hydrogen) atoms. The molecule has 1 amide bonds. The first-order valence-electron chi connectivity index (χ1n) is 7.97. The van der Waals surface area contributed by atoms with Gasteiger partial charge < -0.3 is 9.88 Å². The first-order valence-corrected chi connectivity index (χ1v) is 8.79. The molecule has 1 aliphatic carbocycles. The Hall–Kier alpha value is -2.14. The van der Waals surface area contributed by atoms with E-state index >= 15 is 0 Å². The third kappa shape index (κ3) is 2.36. The van der Waals surface area contributed by atoms with E-state index in [-0.39, 0.29) is 17.5 Å². The molecule has 4 nitrogen and oxygen atoms in total. The highest BCUT2D eigenvalue weighted by Gasteiger charge is 2.20. The van der Waals surface area contributed by atoms with E-state index in [1.165, 1.54) is 24.2 Å². The van der Waals surface area contributed by atoms with Crippen LogP contribution >= 0.6 is 11.3 Å². The van der Waals surface area contributed by atoms with Crippen molar-refractivity contribution in [3.63, 3.8) is 0 Å². The number of carbonyl (C=O) groups excluding carboxylic acids is 1. The van der Waals surface area contributed by atoms with Crippen molar-refractivity contribution in [1.82, 2.24) is 9.88 Å². The fourth-order valence-electron chi connectivity index (χ4n) is 3.44. The first kappa shape index (κ1) is 14.5. The molecule has 4 rings (SSSR count). The molecule has 0 radical (unpaired) electrons. The molecule has 0 spiro atoms. The number of fused-ring (bicyclic) bond motifs is 3. The number of para-hydroxylation sites is 1. The van der Waals surface area contributed by atoms with Crippen LogP contribution in [0.2, 0.25) is 0 Å². The molecule has 0 unspecified atom stereocenters. The summed E-state index contributed by atoms with van der Waals surface area (Å²) in [4.78, 5) is 25.7. The second-order valence-corrected chi connectivity index (χ2v) is 7.24. The molecule has 2 heterocycles. The molecule has 118 valence electrons. The number of thiophene rings is 1. The van der Waals surface area contributed by atoms with Crippen LogP contribution < -0.4 is 10.9 Å². The minimum atomic E-state index is -0.0516. The van der Waals surface area contributed by atoms with Crippen molar-refractivity contribution in [2.24, 2.45) is 7.05 Å². The number of pyridine rings is 1. The Morgan fingerprint density at radius 2 is 1.96 bits per heavy atom. The smallest absolute Gasteiger partial charge is 0.261 e. The maximum atomic E-state index is 12.6. The largest absolute Gasteiger partial charge is 0.349 e. The third-order valence-corrected chi connectivity index (χ3v) is 5.86. The number of rotatable bonds is 2. The standard InChI is InChI=1S/C18H18N2O2S/c1-20-14-9-5-4-8-12(14)16-13(18(20)22)10-15(23-16)17(21)19-11-6-2-3-7-11/h4-5,8-11H,2-3,6-7H2,1H3,(H,19,21). The van der Waals surface area contributed by atoms with Crippen molar-refractivity contribution in [3.8, 4) is 0 Å². The van der Waals surface area contributed by atoms with Crippen LogP contribution in [0.4, 0.5) is 0 Å². The van der Waals surface area contributed by atoms with Crippen molar-refractivity contribution in [2.75, 3.05) is 0 Å². The highest BCUT2D eigenvalue weighted by molar-refractivity contribution is 7.21. The van der Waals surface area contributed by atoms with Crippen LogP contribution in [0.25, 0.3) is 21.0 Å². The fourth-order valence-corrected chi connectivity index (χ4v) is 4.52. The molecule has 0 atom stereocenters. The van der Waals surface area contributed by atoms with E-state index in [9.17, 15) is 9.59 Å². The molecule has 0 saturated heterocycles. The molecule has 1 fully saturated rings. The van der Waals surface area contributed by atoms with E-state index in [0.29, 0.717) is 10.3 Å². The van der Waals surface area contributed by atoms with Gasteiger partial charge in [0.1, 0.15) is 0 Å². The Morgan fingerprint density at radius 1 is 1.22 bits per heavy atom. The van der Waals surface area contributed by atoms with E-state index in [0.717, 1.165) is 28.4 Å². The van der Waals surface area contributed by atoms with Crippen LogP contribution in [-0.4, -0.2) is 16.5 Å². The van der Waals surface area contributed by atoms with Gasteiger partial charge in [-0.3, -0.25) is 9.59 Å². The molecule has 2 aromatic heterocycles. The number of benzene rings is 1. The van der Waals surface area contributed by atoms with Crippen molar-refractivity contribution in [3.05, 3.63) is 45.6 Å². The van der Waals surface area contributed by atoms with Gasteiger partial charge in [0, 0.05) is 23.2 Å². The van der Waals surface area contributed by atoms with Crippen molar-refractivity contribution in [2.45, 2.75) is 31.7 Å². The summed E-state index contributed by atoms with van der Waals surface area (Å²) in [5, 5.41) is 4.76. The van der Waals surface area contributed by atoms with E-state index in [1.54, 1.807) is 17.7 Å². The van der Waals surface area contributed by atoms with Gasteiger partial charge in [0.2, 0.25) is 0 Å². The van der Waals surface area contributed by atoms with Gasteiger partial charge in [-0.2, -0.15) is 0 Å². The third-order valence-electron chi connectivity index (χ3n) is 4.69. The molecule has 1 aliphatic rings. The van der Waals surface area contributed by atoms with Crippen LogP contribution in [0, 0.1) is 0 Å². The number of hydrogen-bond acceptors (Lipinski definition) is 3. The molecular weight excluding hydrogens is 308 g/mol. The summed E-state index contributed by atoms with van der Waals surface area (Å²) < 4.78 is 2.56. The van der Waals surface area contributed by atoms with Gasteiger partial charge in [0.15, 0.2) is 0 Å². The lowest BCUT2D eigenvalue weighted by Gasteiger charge is -2.10. The van der Waals surface area contributed by atoms with Gasteiger partial charge in [-0.15, -0.1) is 11.3 Å². The predicted octanol–water partition coefficient (Wildman–Crippen LogP) is 3.43. The van der Waals surface area contributed by atoms with Crippen molar-refractivity contribution >= 4 is 38.2 Å². The predicted molar refractivity (Wildman–Crippen MR) is 94.3 cm³/mol. The minimum absolute atomic E-state index is 0.0464. The summed E-state index contributed by atoms with van der Waals surface area (Å²) in [6.07, 6.45) is 4.48. The summed E-state index contributed by atoms with van der Waals surface area (Å²) in [6, 6.07) is 9.87. The summed E-state index contributed by atoms with van der Waals surface area (Å²) in [7, 11) is 1.78. The van der Waals surface area contributed by atoms with Crippen LogP contribution in [0.5, 0.6) is 0 Å². The number of nitrogens with zero attached hydrogens (tertiary/aromatic N) is 1. The number of aromatic nitrogens is 1. The zero-order valence-electron chi connectivity index (χ0n) is 13.0. The number of nitrogens with one attached hydrogen (secondary N) is 1. The van der Waals surface area contributed by atoms with Gasteiger partial charge in [0.05, 0.1) is 15.8 Å². The first-order chi connectivity index (χ1) is 11.1. The van der Waals surface area contributed by atoms with E-state index < -0.39 is 0 Å². The Kier molecular flexibility index (Phi) is 3.45. The number of amides is 1. The lowest BCUT2D eigenvalue weighted by Crippen LogP contribution is -2.31. The van der Waals surface area contributed by atoms with Gasteiger partial charge in [-0.1, -0.05) is 31.0 Å². The maximum absolute atomic E-state index is 12.6. The summed E-state index contributed by atoms with van der Waals surface area (Å²) >= 11 is 1.42. The molecule has 3 aromatic rings. The zero-order valence-corrected chi connectivity index (χ0v) is 13.8. The van der Waals surface area contributed by atoms with Crippen LogP contribution in [0.3, 0.4) is 0 Å². The summed E-state index contributed by atoms with van der Waals surface area (Å²) in [5.74, 6) is -0.0516. The number of carbonyl (C=O) groups is 1. The molecule has 0 aliphatic heterocycles. The lowest BCUT2D eigenvalue weighted by atomic mass is 10.1. The average molecular weight is 326 g/mol. The number of hydrogen-bond donors (Lipinski definition) is 1. The van der Waals surface area contributed by atoms with Gasteiger partial charge in [-0.25, -0.2) is 0 Å². The molecule has 1 saturated carbocycles. The van der Waals surface area contributed by atoms with E-state index in [1.807, 2.05) is 24.3 Å². The quantitative estimate of drug-likeness (QED) is 0.784. The highest BCUT2D eigenvalue weighted by Crippen LogP contribution is 2.30. The molecule has 5 heteroatoms. The van der Waals surface area contributed by atoms with Crippen molar-refractivity contribution < 1.29 is 4.79 Å². The SMILES string of the molecule is Cn1c(=O)c2cc(C(=O)NC3CCCC3)sc2c2ccccc21. The van der Waals surface area contributed by atoms with Crippen LogP contribution in [0.1, 0.15) is 35.4 Å². The summed E-state index contributed by atoms with van der Waals surface area (Å²) in [6.45, 7) is 0. The maximum Gasteiger partial charge on any atom is 0.261 e. The average Bonchev–Trinajstić information content (AvgIpc) is 3.22. The second-order valence-electron chi connectivity index (χ2n) is 6.19. The molecule has 1 N–H and O–H groups in total. The van der Waals surface area contributed by atoms with Crippen LogP contribution in [-0.2, 0) is 7.05 Å². The Balaban J connectivity index is 1.84. The Bertz CT molecular complexity index is 964. The van der Waals surface area contributed by atoms with Gasteiger partial charge in [-0.05, 0) is 25.0 Å². The topological polar surface area (TPSA) is 51.1 Å². The molecule has 0 bridgehead atoms. The second kappa shape index (κ2) is 5.49. The molecule has 1 aromatic carbocycles. The summed E-state index contributed by atoms with van der Waals surface area (Å²) in [5.41, 5.74) is 0.851. The molecular formula is C18H18N2O2S. The van der Waals surface area contributed by atoms with E-state index in [2.05, 4.69) is 5.32 Å². The lowest BCUT2D eigenvalue weighted by molar-refractivity contribution is 0.0942. The van der Waals surface area contributed by atoms with Crippen molar-refractivity contribution in [1.29, 1.82) is 0 Å². The number of aryl methyl sites for hydroxylation is 1. The normalized spacial score (nSPS) is 15.5. The van der Waals surface area contributed by atoms with Crippen LogP contribution in [0.15, 0.2) is 35.1 Å². The van der Waals surface area contributed by atoms with Gasteiger partial charge in [0.25, 0.3) is 11.5 Å². The monoisotopic (exact) mass is 326 g/mol. The minimum Gasteiger partial charge on any atom is -0.349 e. The zero-order chi connectivity index (χ0) is 16.0. The Labute approximate surface area is 137 Å². The fraction of sp³-hybridized carbons (Fsp3) is 0.333. The Morgan fingerprint density at radius 3 is 2.74 bits per heavy atom.